The Kier molecular flexibility index (Phi) is 7.82. The van der Waals surface area contributed by atoms with Gasteiger partial charge in [0.1, 0.15) is 18.5 Å². The first-order valence-electron chi connectivity index (χ1n) is 10.8. The van der Waals surface area contributed by atoms with E-state index in [1.54, 1.807) is 43.5 Å². The van der Waals surface area contributed by atoms with Gasteiger partial charge in [0.2, 0.25) is 5.91 Å². The fourth-order valence-corrected chi connectivity index (χ4v) is 4.39. The molecular weight excluding hydrogens is 469 g/mol. The number of carbonyl (C=O) groups excluding carboxylic acids is 1. The molecule has 4 rings (SSSR count). The SMILES string of the molecule is COc1ccc2c(c1)OCC(C(O)CN1CCN(CC(=O)Nc3c(Cl)cccc3Cl)CC1)O2. The first-order valence-corrected chi connectivity index (χ1v) is 11.5. The van der Waals surface area contributed by atoms with Crippen LogP contribution in [-0.2, 0) is 4.79 Å². The van der Waals surface area contributed by atoms with Crippen LogP contribution in [0, 0.1) is 0 Å². The number of hydrogen-bond donors (Lipinski definition) is 2. The molecule has 0 radical (unpaired) electrons. The number of amides is 1. The molecule has 8 nitrogen and oxygen atoms in total. The van der Waals surface area contributed by atoms with Gasteiger partial charge in [0, 0.05) is 38.8 Å². The Morgan fingerprint density at radius 2 is 1.85 bits per heavy atom. The van der Waals surface area contributed by atoms with E-state index in [1.165, 1.54) is 0 Å². The summed E-state index contributed by atoms with van der Waals surface area (Å²) < 4.78 is 16.9. The van der Waals surface area contributed by atoms with Gasteiger partial charge in [0.25, 0.3) is 0 Å². The zero-order valence-electron chi connectivity index (χ0n) is 18.3. The summed E-state index contributed by atoms with van der Waals surface area (Å²) in [6.45, 7) is 3.87. The molecular formula is C23H27Cl2N3O5. The van der Waals surface area contributed by atoms with Crippen molar-refractivity contribution in [2.75, 3.05) is 58.3 Å². The maximum Gasteiger partial charge on any atom is 0.238 e. The van der Waals surface area contributed by atoms with E-state index in [4.69, 9.17) is 37.4 Å². The summed E-state index contributed by atoms with van der Waals surface area (Å²) in [6, 6.07) is 10.5. The summed E-state index contributed by atoms with van der Waals surface area (Å²) >= 11 is 12.2. The highest BCUT2D eigenvalue weighted by Gasteiger charge is 2.30. The first-order chi connectivity index (χ1) is 15.9. The maximum atomic E-state index is 12.4. The number of anilines is 1. The van der Waals surface area contributed by atoms with Crippen molar-refractivity contribution in [2.45, 2.75) is 12.2 Å². The zero-order chi connectivity index (χ0) is 23.4. The lowest BCUT2D eigenvalue weighted by Gasteiger charge is -2.37. The summed E-state index contributed by atoms with van der Waals surface area (Å²) in [5.74, 6) is 1.74. The summed E-state index contributed by atoms with van der Waals surface area (Å²) in [7, 11) is 1.60. The number of rotatable bonds is 7. The van der Waals surface area contributed by atoms with E-state index in [0.29, 0.717) is 52.6 Å². The van der Waals surface area contributed by atoms with Crippen LogP contribution in [0.4, 0.5) is 5.69 Å². The number of benzene rings is 2. The highest BCUT2D eigenvalue weighted by molar-refractivity contribution is 6.39. The molecule has 2 N–H and O–H groups in total. The molecule has 0 bridgehead atoms. The predicted octanol–water partition coefficient (Wildman–Crippen LogP) is 2.76. The molecule has 0 aromatic heterocycles. The average Bonchev–Trinajstić information content (AvgIpc) is 2.82. The van der Waals surface area contributed by atoms with Gasteiger partial charge in [0.15, 0.2) is 17.6 Å². The van der Waals surface area contributed by atoms with Crippen molar-refractivity contribution in [3.63, 3.8) is 0 Å². The van der Waals surface area contributed by atoms with Crippen molar-refractivity contribution in [1.29, 1.82) is 0 Å². The second-order valence-corrected chi connectivity index (χ2v) is 8.88. The molecule has 10 heteroatoms. The van der Waals surface area contributed by atoms with Gasteiger partial charge in [-0.05, 0) is 24.3 Å². The Hall–Kier alpha value is -2.23. The fraction of sp³-hybridized carbons (Fsp3) is 0.435. The van der Waals surface area contributed by atoms with Crippen LogP contribution in [0.5, 0.6) is 17.2 Å². The highest BCUT2D eigenvalue weighted by Crippen LogP contribution is 2.35. The standard InChI is InChI=1S/C23H27Cl2N3O5/c1-31-15-5-6-19-20(11-15)32-14-21(33-19)18(29)12-27-7-9-28(10-8-27)13-22(30)26-23-16(24)3-2-4-17(23)25/h2-6,11,18,21,29H,7-10,12-14H2,1H3,(H,26,30). The number of aliphatic hydroxyl groups excluding tert-OH is 1. The highest BCUT2D eigenvalue weighted by atomic mass is 35.5. The zero-order valence-corrected chi connectivity index (χ0v) is 19.8. The van der Waals surface area contributed by atoms with Crippen LogP contribution in [0.25, 0.3) is 0 Å². The van der Waals surface area contributed by atoms with Crippen LogP contribution in [0.2, 0.25) is 10.0 Å². The summed E-state index contributed by atoms with van der Waals surface area (Å²) in [4.78, 5) is 16.7. The molecule has 0 spiro atoms. The number of para-hydroxylation sites is 1. The number of piperazine rings is 1. The van der Waals surface area contributed by atoms with E-state index in [1.807, 2.05) is 0 Å². The maximum absolute atomic E-state index is 12.4. The van der Waals surface area contributed by atoms with Gasteiger partial charge in [-0.3, -0.25) is 14.6 Å². The molecule has 1 amide bonds. The third-order valence-electron chi connectivity index (χ3n) is 5.77. The smallest absolute Gasteiger partial charge is 0.238 e. The van der Waals surface area contributed by atoms with Crippen LogP contribution in [-0.4, -0.2) is 86.0 Å². The van der Waals surface area contributed by atoms with Gasteiger partial charge in [-0.25, -0.2) is 0 Å². The minimum atomic E-state index is -0.697. The number of halogens is 2. The van der Waals surface area contributed by atoms with Crippen molar-refractivity contribution in [3.05, 3.63) is 46.4 Å². The number of fused-ring (bicyclic) bond motifs is 1. The van der Waals surface area contributed by atoms with Crippen molar-refractivity contribution >= 4 is 34.8 Å². The second-order valence-electron chi connectivity index (χ2n) is 8.07. The second kappa shape index (κ2) is 10.8. The van der Waals surface area contributed by atoms with E-state index in [2.05, 4.69) is 15.1 Å². The fourth-order valence-electron chi connectivity index (χ4n) is 3.90. The van der Waals surface area contributed by atoms with E-state index >= 15 is 0 Å². The molecule has 2 unspecified atom stereocenters. The average molecular weight is 496 g/mol. The number of β-amino-alcohol motifs (C(OH)–C–C–N with tert-alkyl or cyclic N) is 1. The lowest BCUT2D eigenvalue weighted by Crippen LogP contribution is -2.53. The molecule has 2 atom stereocenters. The third-order valence-corrected chi connectivity index (χ3v) is 6.40. The number of methoxy groups -OCH3 is 1. The minimum absolute atomic E-state index is 0.165. The topological polar surface area (TPSA) is 83.5 Å². The monoisotopic (exact) mass is 495 g/mol. The lowest BCUT2D eigenvalue weighted by molar-refractivity contribution is -0.117. The van der Waals surface area contributed by atoms with Crippen LogP contribution >= 0.6 is 23.2 Å². The Bertz CT molecular complexity index is 964. The summed E-state index contributed by atoms with van der Waals surface area (Å²) in [6.07, 6.45) is -1.15. The van der Waals surface area contributed by atoms with E-state index in [0.717, 1.165) is 13.1 Å². The van der Waals surface area contributed by atoms with Crippen LogP contribution < -0.4 is 19.5 Å². The number of nitrogens with zero attached hydrogens (tertiary/aromatic N) is 2. The molecule has 2 heterocycles. The molecule has 2 aliphatic rings. The van der Waals surface area contributed by atoms with Crippen molar-refractivity contribution in [3.8, 4) is 17.2 Å². The number of hydrogen-bond acceptors (Lipinski definition) is 7. The summed E-state index contributed by atoms with van der Waals surface area (Å²) in [5.41, 5.74) is 0.433. The predicted molar refractivity (Wildman–Crippen MR) is 127 cm³/mol. The first kappa shape index (κ1) is 23.9. The van der Waals surface area contributed by atoms with Gasteiger partial charge in [-0.15, -0.1) is 0 Å². The van der Waals surface area contributed by atoms with Crippen LogP contribution in [0.3, 0.4) is 0 Å². The Balaban J connectivity index is 1.22. The molecule has 1 saturated heterocycles. The quantitative estimate of drug-likeness (QED) is 0.610. The number of nitrogens with one attached hydrogen (secondary N) is 1. The molecule has 33 heavy (non-hydrogen) atoms. The molecule has 178 valence electrons. The molecule has 2 aromatic rings. The van der Waals surface area contributed by atoms with Crippen LogP contribution in [0.1, 0.15) is 0 Å². The third kappa shape index (κ3) is 6.02. The van der Waals surface area contributed by atoms with Crippen molar-refractivity contribution in [2.24, 2.45) is 0 Å². The molecule has 0 aliphatic carbocycles. The van der Waals surface area contributed by atoms with Gasteiger partial charge in [0.05, 0.1) is 29.4 Å². The normalized spacial score (nSPS) is 19.7. The molecule has 1 fully saturated rings. The molecule has 2 aromatic carbocycles. The van der Waals surface area contributed by atoms with E-state index < -0.39 is 12.2 Å². The van der Waals surface area contributed by atoms with E-state index in [-0.39, 0.29) is 19.1 Å². The van der Waals surface area contributed by atoms with Crippen molar-refractivity contribution in [1.82, 2.24) is 9.80 Å². The molecule has 0 saturated carbocycles. The number of aliphatic hydroxyl groups is 1. The Morgan fingerprint density at radius 3 is 2.55 bits per heavy atom. The Labute approximate surface area is 202 Å². The largest absolute Gasteiger partial charge is 0.497 e. The van der Waals surface area contributed by atoms with Crippen LogP contribution in [0.15, 0.2) is 36.4 Å². The van der Waals surface area contributed by atoms with Crippen molar-refractivity contribution < 1.29 is 24.1 Å². The Morgan fingerprint density at radius 1 is 1.15 bits per heavy atom. The van der Waals surface area contributed by atoms with Gasteiger partial charge >= 0.3 is 0 Å². The van der Waals surface area contributed by atoms with Gasteiger partial charge in [-0.2, -0.15) is 0 Å². The minimum Gasteiger partial charge on any atom is -0.497 e. The number of ether oxygens (including phenoxy) is 3. The summed E-state index contributed by atoms with van der Waals surface area (Å²) in [5, 5.41) is 14.3. The lowest BCUT2D eigenvalue weighted by atomic mass is 10.1. The molecule has 2 aliphatic heterocycles. The number of carbonyl (C=O) groups is 1. The van der Waals surface area contributed by atoms with E-state index in [9.17, 15) is 9.90 Å². The van der Waals surface area contributed by atoms with Gasteiger partial charge in [-0.1, -0.05) is 29.3 Å². The van der Waals surface area contributed by atoms with Gasteiger partial charge < -0.3 is 24.6 Å².